The molecule has 0 spiro atoms. The number of carbonyl (C=O) groups excluding carboxylic acids is 1. The maximum atomic E-state index is 12.4. The summed E-state index contributed by atoms with van der Waals surface area (Å²) >= 11 is 5.84. The number of nitrogens with zero attached hydrogens (tertiary/aromatic N) is 1. The molecule has 2 rings (SSSR count). The summed E-state index contributed by atoms with van der Waals surface area (Å²) < 4.78 is 24.2. The van der Waals surface area contributed by atoms with Crippen LogP contribution in [0.15, 0.2) is 29.8 Å². The number of nitriles is 1. The molecule has 1 aliphatic rings. The zero-order valence-electron chi connectivity index (χ0n) is 13.2. The largest absolute Gasteiger partial charge is 0.352 e. The predicted molar refractivity (Wildman–Crippen MR) is 94.0 cm³/mol. The molecule has 1 aromatic carbocycles. The van der Waals surface area contributed by atoms with Gasteiger partial charge in [0.15, 0.2) is 9.84 Å². The lowest BCUT2D eigenvalue weighted by atomic mass is 10.1. The van der Waals surface area contributed by atoms with E-state index >= 15 is 0 Å². The SMILES string of the molecule is N#CCCS(=O)(=O)C/C(=C\c1ccc(Cl)cc1)C(=O)NCC1CC1. The average molecular weight is 367 g/mol. The van der Waals surface area contributed by atoms with Gasteiger partial charge in [0.1, 0.15) is 0 Å². The minimum atomic E-state index is -3.52. The number of hydrogen-bond acceptors (Lipinski definition) is 4. The van der Waals surface area contributed by atoms with E-state index in [1.807, 2.05) is 6.07 Å². The topological polar surface area (TPSA) is 87.0 Å². The molecule has 1 amide bonds. The number of rotatable bonds is 8. The second kappa shape index (κ2) is 8.32. The van der Waals surface area contributed by atoms with Crippen LogP contribution in [0, 0.1) is 17.2 Å². The molecule has 0 aliphatic heterocycles. The van der Waals surface area contributed by atoms with E-state index in [9.17, 15) is 13.2 Å². The summed E-state index contributed by atoms with van der Waals surface area (Å²) in [6.07, 6.45) is 3.66. The first-order valence-corrected chi connectivity index (χ1v) is 9.91. The van der Waals surface area contributed by atoms with Crippen LogP contribution in [-0.2, 0) is 14.6 Å². The lowest BCUT2D eigenvalue weighted by Gasteiger charge is -2.09. The summed E-state index contributed by atoms with van der Waals surface area (Å²) in [6, 6.07) is 8.61. The molecule has 1 N–H and O–H groups in total. The number of halogens is 1. The summed E-state index contributed by atoms with van der Waals surface area (Å²) in [5.41, 5.74) is 0.877. The van der Waals surface area contributed by atoms with E-state index < -0.39 is 9.84 Å². The Morgan fingerprint density at radius 2 is 2.00 bits per heavy atom. The molecule has 0 aromatic heterocycles. The van der Waals surface area contributed by atoms with Gasteiger partial charge in [0.05, 0.1) is 17.6 Å². The van der Waals surface area contributed by atoms with Crippen molar-refractivity contribution in [2.24, 2.45) is 5.92 Å². The van der Waals surface area contributed by atoms with E-state index in [0.29, 0.717) is 23.0 Å². The summed E-state index contributed by atoms with van der Waals surface area (Å²) in [5.74, 6) is -0.510. The normalized spacial score (nSPS) is 14.9. The molecule has 1 aromatic rings. The van der Waals surface area contributed by atoms with Gasteiger partial charge < -0.3 is 5.32 Å². The monoisotopic (exact) mass is 366 g/mol. The second-order valence-corrected chi connectivity index (χ2v) is 8.50. The highest BCUT2D eigenvalue weighted by molar-refractivity contribution is 7.91. The Bertz CT molecular complexity index is 760. The van der Waals surface area contributed by atoms with Crippen molar-refractivity contribution in [3.8, 4) is 6.07 Å². The third-order valence-electron chi connectivity index (χ3n) is 3.65. The minimum absolute atomic E-state index is 0.0831. The van der Waals surface area contributed by atoms with E-state index in [1.165, 1.54) is 0 Å². The van der Waals surface area contributed by atoms with Crippen LogP contribution in [0.2, 0.25) is 5.02 Å². The lowest BCUT2D eigenvalue weighted by molar-refractivity contribution is -0.117. The van der Waals surface area contributed by atoms with Gasteiger partial charge >= 0.3 is 0 Å². The summed E-state index contributed by atoms with van der Waals surface area (Å²) in [5, 5.41) is 11.9. The molecular formula is C17H19ClN2O3S. The number of nitrogens with one attached hydrogen (secondary N) is 1. The Balaban J connectivity index is 2.17. The van der Waals surface area contributed by atoms with Crippen LogP contribution in [0.25, 0.3) is 6.08 Å². The van der Waals surface area contributed by atoms with Gasteiger partial charge in [-0.1, -0.05) is 23.7 Å². The molecule has 1 saturated carbocycles. The lowest BCUT2D eigenvalue weighted by Crippen LogP contribution is -2.30. The van der Waals surface area contributed by atoms with Gasteiger partial charge in [-0.05, 0) is 42.5 Å². The van der Waals surface area contributed by atoms with E-state index in [4.69, 9.17) is 16.9 Å². The van der Waals surface area contributed by atoms with Crippen LogP contribution < -0.4 is 5.32 Å². The van der Waals surface area contributed by atoms with Gasteiger partial charge in [-0.25, -0.2) is 8.42 Å². The summed E-state index contributed by atoms with van der Waals surface area (Å²) in [7, 11) is -3.52. The van der Waals surface area contributed by atoms with E-state index in [0.717, 1.165) is 12.8 Å². The van der Waals surface area contributed by atoms with Crippen molar-refractivity contribution < 1.29 is 13.2 Å². The maximum absolute atomic E-state index is 12.4. The average Bonchev–Trinajstić information content (AvgIpc) is 3.36. The number of amides is 1. The van der Waals surface area contributed by atoms with Gasteiger partial charge in [0.25, 0.3) is 0 Å². The molecule has 1 fully saturated rings. The fourth-order valence-corrected chi connectivity index (χ4v) is 3.48. The molecule has 0 saturated heterocycles. The Morgan fingerprint density at radius 1 is 1.33 bits per heavy atom. The van der Waals surface area contributed by atoms with E-state index in [-0.39, 0.29) is 29.4 Å². The van der Waals surface area contributed by atoms with Crippen molar-refractivity contribution in [3.63, 3.8) is 0 Å². The van der Waals surface area contributed by atoms with Gasteiger partial charge in [-0.3, -0.25) is 4.79 Å². The molecule has 1 aliphatic carbocycles. The third kappa shape index (κ3) is 6.34. The fraction of sp³-hybridized carbons (Fsp3) is 0.412. The van der Waals surface area contributed by atoms with Gasteiger partial charge in [0, 0.05) is 23.6 Å². The van der Waals surface area contributed by atoms with Crippen molar-refractivity contribution in [2.45, 2.75) is 19.3 Å². The molecule has 24 heavy (non-hydrogen) atoms. The molecular weight excluding hydrogens is 348 g/mol. The first-order valence-electron chi connectivity index (χ1n) is 7.71. The van der Waals surface area contributed by atoms with Crippen LogP contribution in [0.1, 0.15) is 24.8 Å². The fourth-order valence-electron chi connectivity index (χ4n) is 2.12. The predicted octanol–water partition coefficient (Wildman–Crippen LogP) is 2.58. The first kappa shape index (κ1) is 18.5. The standard InChI is InChI=1S/C17H19ClN2O3S/c18-16-6-4-13(5-7-16)10-15(12-24(22,23)9-1-8-19)17(21)20-11-14-2-3-14/h4-7,10,14H,1-3,9,11-12H2,(H,20,21)/b15-10+. The van der Waals surface area contributed by atoms with Crippen LogP contribution in [0.3, 0.4) is 0 Å². The first-order chi connectivity index (χ1) is 11.4. The molecule has 0 bridgehead atoms. The Labute approximate surface area is 147 Å². The molecule has 128 valence electrons. The van der Waals surface area contributed by atoms with Crippen molar-refractivity contribution >= 4 is 33.4 Å². The van der Waals surface area contributed by atoms with Crippen LogP contribution >= 0.6 is 11.6 Å². The Morgan fingerprint density at radius 3 is 2.58 bits per heavy atom. The molecule has 0 atom stereocenters. The highest BCUT2D eigenvalue weighted by Gasteiger charge is 2.24. The van der Waals surface area contributed by atoms with Crippen LogP contribution in [0.5, 0.6) is 0 Å². The van der Waals surface area contributed by atoms with E-state index in [1.54, 1.807) is 30.3 Å². The zero-order valence-corrected chi connectivity index (χ0v) is 14.7. The minimum Gasteiger partial charge on any atom is -0.352 e. The highest BCUT2D eigenvalue weighted by Crippen LogP contribution is 2.27. The molecule has 0 heterocycles. The Kier molecular flexibility index (Phi) is 6.41. The number of carbonyl (C=O) groups is 1. The van der Waals surface area contributed by atoms with Gasteiger partial charge in [0.2, 0.25) is 5.91 Å². The third-order valence-corrected chi connectivity index (χ3v) is 5.48. The highest BCUT2D eigenvalue weighted by atomic mass is 35.5. The van der Waals surface area contributed by atoms with E-state index in [2.05, 4.69) is 5.32 Å². The van der Waals surface area contributed by atoms with Crippen molar-refractivity contribution in [2.75, 3.05) is 18.1 Å². The molecule has 0 radical (unpaired) electrons. The van der Waals surface area contributed by atoms with Crippen LogP contribution in [-0.4, -0.2) is 32.4 Å². The van der Waals surface area contributed by atoms with Gasteiger partial charge in [-0.15, -0.1) is 0 Å². The smallest absolute Gasteiger partial charge is 0.248 e. The van der Waals surface area contributed by atoms with Crippen molar-refractivity contribution in [1.82, 2.24) is 5.32 Å². The van der Waals surface area contributed by atoms with Gasteiger partial charge in [-0.2, -0.15) is 5.26 Å². The second-order valence-electron chi connectivity index (χ2n) is 5.87. The Hall–Kier alpha value is -1.84. The molecule has 0 unspecified atom stereocenters. The molecule has 5 nitrogen and oxygen atoms in total. The number of sulfone groups is 1. The van der Waals surface area contributed by atoms with Crippen molar-refractivity contribution in [3.05, 3.63) is 40.4 Å². The van der Waals surface area contributed by atoms with Crippen molar-refractivity contribution in [1.29, 1.82) is 5.26 Å². The number of benzene rings is 1. The summed E-state index contributed by atoms with van der Waals surface area (Å²) in [6.45, 7) is 0.565. The van der Waals surface area contributed by atoms with Crippen LogP contribution in [0.4, 0.5) is 0 Å². The zero-order chi connectivity index (χ0) is 17.6. The quantitative estimate of drug-likeness (QED) is 0.716. The summed E-state index contributed by atoms with van der Waals surface area (Å²) in [4.78, 5) is 12.4. The maximum Gasteiger partial charge on any atom is 0.248 e. The molecule has 7 heteroatoms. The number of hydrogen-bond donors (Lipinski definition) is 1.